The van der Waals surface area contributed by atoms with Gasteiger partial charge in [-0.05, 0) is 33.6 Å². The minimum absolute atomic E-state index is 0.0176. The first-order valence-corrected chi connectivity index (χ1v) is 6.64. The van der Waals surface area contributed by atoms with Crippen LogP contribution in [0.5, 0.6) is 0 Å². The third kappa shape index (κ3) is 5.28. The standard InChI is InChI=1S/C12H20N2O2S/c1-9-13-10(7-17-9)5-4-6-11(16)14-12(2,3)8-15/h7,15H,4-6,8H2,1-3H3,(H,14,16). The zero-order valence-corrected chi connectivity index (χ0v) is 11.4. The van der Waals surface area contributed by atoms with Gasteiger partial charge in [0.25, 0.3) is 0 Å². The maximum absolute atomic E-state index is 11.6. The lowest BCUT2D eigenvalue weighted by molar-refractivity contribution is -0.123. The highest BCUT2D eigenvalue weighted by Gasteiger charge is 2.18. The lowest BCUT2D eigenvalue weighted by Gasteiger charge is -2.23. The number of hydrogen-bond acceptors (Lipinski definition) is 4. The fourth-order valence-corrected chi connectivity index (χ4v) is 2.08. The lowest BCUT2D eigenvalue weighted by atomic mass is 10.1. The fraction of sp³-hybridized carbons (Fsp3) is 0.667. The van der Waals surface area contributed by atoms with E-state index >= 15 is 0 Å². The Morgan fingerprint density at radius 1 is 1.59 bits per heavy atom. The van der Waals surface area contributed by atoms with Gasteiger partial charge in [-0.3, -0.25) is 4.79 Å². The first-order valence-electron chi connectivity index (χ1n) is 5.76. The Kier molecular flexibility index (Phi) is 5.08. The van der Waals surface area contributed by atoms with Crippen molar-refractivity contribution < 1.29 is 9.90 Å². The Morgan fingerprint density at radius 3 is 2.82 bits per heavy atom. The number of aliphatic hydroxyl groups is 1. The van der Waals surface area contributed by atoms with Crippen molar-refractivity contribution in [2.45, 2.75) is 45.6 Å². The summed E-state index contributed by atoms with van der Waals surface area (Å²) in [7, 11) is 0. The van der Waals surface area contributed by atoms with Crippen LogP contribution < -0.4 is 5.32 Å². The number of thiazole rings is 1. The first kappa shape index (κ1) is 14.1. The van der Waals surface area contributed by atoms with Gasteiger partial charge in [-0.15, -0.1) is 11.3 Å². The maximum atomic E-state index is 11.6. The Hall–Kier alpha value is -0.940. The van der Waals surface area contributed by atoms with E-state index in [9.17, 15) is 4.79 Å². The van der Waals surface area contributed by atoms with Crippen LogP contribution in [0.4, 0.5) is 0 Å². The Morgan fingerprint density at radius 2 is 2.29 bits per heavy atom. The van der Waals surface area contributed by atoms with Crippen LogP contribution in [-0.4, -0.2) is 28.1 Å². The molecule has 0 aliphatic heterocycles. The zero-order valence-electron chi connectivity index (χ0n) is 10.6. The number of nitrogens with one attached hydrogen (secondary N) is 1. The zero-order chi connectivity index (χ0) is 12.9. The number of aliphatic hydroxyl groups excluding tert-OH is 1. The van der Waals surface area contributed by atoms with Gasteiger partial charge in [0.05, 0.1) is 22.8 Å². The maximum Gasteiger partial charge on any atom is 0.220 e. The van der Waals surface area contributed by atoms with Crippen LogP contribution in [0.25, 0.3) is 0 Å². The third-order valence-electron chi connectivity index (χ3n) is 2.38. The van der Waals surface area contributed by atoms with Gasteiger partial charge < -0.3 is 10.4 Å². The van der Waals surface area contributed by atoms with E-state index in [2.05, 4.69) is 10.3 Å². The highest BCUT2D eigenvalue weighted by molar-refractivity contribution is 7.09. The number of carbonyl (C=O) groups is 1. The number of aryl methyl sites for hydroxylation is 2. The predicted molar refractivity (Wildman–Crippen MR) is 69.1 cm³/mol. The number of aromatic nitrogens is 1. The molecule has 0 aliphatic rings. The smallest absolute Gasteiger partial charge is 0.220 e. The second-order valence-corrected chi connectivity index (χ2v) is 5.86. The van der Waals surface area contributed by atoms with E-state index in [0.717, 1.165) is 23.5 Å². The quantitative estimate of drug-likeness (QED) is 0.813. The number of hydrogen-bond donors (Lipinski definition) is 2. The summed E-state index contributed by atoms with van der Waals surface area (Å²) in [6.45, 7) is 5.53. The van der Waals surface area contributed by atoms with Crippen LogP contribution >= 0.6 is 11.3 Å². The van der Waals surface area contributed by atoms with Gasteiger partial charge >= 0.3 is 0 Å². The minimum Gasteiger partial charge on any atom is -0.394 e. The van der Waals surface area contributed by atoms with Crippen LogP contribution in [-0.2, 0) is 11.2 Å². The summed E-state index contributed by atoms with van der Waals surface area (Å²) >= 11 is 1.63. The molecule has 0 saturated heterocycles. The average Bonchev–Trinajstić information content (AvgIpc) is 2.63. The molecule has 1 aromatic rings. The molecule has 1 heterocycles. The van der Waals surface area contributed by atoms with Crippen molar-refractivity contribution in [3.63, 3.8) is 0 Å². The van der Waals surface area contributed by atoms with Crippen molar-refractivity contribution >= 4 is 17.2 Å². The molecule has 0 spiro atoms. The van der Waals surface area contributed by atoms with Gasteiger partial charge in [-0.2, -0.15) is 0 Å². The molecule has 1 aromatic heterocycles. The van der Waals surface area contributed by atoms with Crippen molar-refractivity contribution in [3.8, 4) is 0 Å². The van der Waals surface area contributed by atoms with E-state index in [1.54, 1.807) is 25.2 Å². The number of carbonyl (C=O) groups excluding carboxylic acids is 1. The molecule has 1 rings (SSSR count). The topological polar surface area (TPSA) is 62.2 Å². The molecule has 2 N–H and O–H groups in total. The number of amides is 1. The van der Waals surface area contributed by atoms with Gasteiger partial charge in [0, 0.05) is 11.8 Å². The van der Waals surface area contributed by atoms with Crippen LogP contribution in [0, 0.1) is 6.92 Å². The molecule has 0 radical (unpaired) electrons. The van der Waals surface area contributed by atoms with Crippen molar-refractivity contribution in [2.75, 3.05) is 6.61 Å². The summed E-state index contributed by atoms with van der Waals surface area (Å²) in [5, 5.41) is 14.9. The summed E-state index contributed by atoms with van der Waals surface area (Å²) in [6, 6.07) is 0. The Bertz CT molecular complexity index is 374. The van der Waals surface area contributed by atoms with Gasteiger partial charge in [0.1, 0.15) is 0 Å². The van der Waals surface area contributed by atoms with Crippen molar-refractivity contribution in [2.24, 2.45) is 0 Å². The molecule has 0 atom stereocenters. The van der Waals surface area contributed by atoms with Gasteiger partial charge in [0.15, 0.2) is 0 Å². The van der Waals surface area contributed by atoms with Crippen molar-refractivity contribution in [1.82, 2.24) is 10.3 Å². The van der Waals surface area contributed by atoms with Crippen LogP contribution in [0.2, 0.25) is 0 Å². The van der Waals surface area contributed by atoms with E-state index in [1.807, 2.05) is 12.3 Å². The fourth-order valence-electron chi connectivity index (χ4n) is 1.43. The van der Waals surface area contributed by atoms with Gasteiger partial charge in [-0.25, -0.2) is 4.98 Å². The molecule has 0 aliphatic carbocycles. The predicted octanol–water partition coefficient (Wildman–Crippen LogP) is 1.66. The normalized spacial score (nSPS) is 11.5. The molecule has 0 aromatic carbocycles. The van der Waals surface area contributed by atoms with E-state index in [0.29, 0.717) is 6.42 Å². The summed E-state index contributed by atoms with van der Waals surface area (Å²) in [5.74, 6) is -0.0176. The van der Waals surface area contributed by atoms with Gasteiger partial charge in [-0.1, -0.05) is 0 Å². The summed E-state index contributed by atoms with van der Waals surface area (Å²) in [6.07, 6.45) is 2.09. The SMILES string of the molecule is Cc1nc(CCCC(=O)NC(C)(C)CO)cs1. The molecule has 17 heavy (non-hydrogen) atoms. The molecule has 4 nitrogen and oxygen atoms in total. The van der Waals surface area contributed by atoms with Crippen LogP contribution in [0.3, 0.4) is 0 Å². The number of nitrogens with zero attached hydrogens (tertiary/aromatic N) is 1. The molecule has 1 amide bonds. The van der Waals surface area contributed by atoms with E-state index in [1.165, 1.54) is 0 Å². The largest absolute Gasteiger partial charge is 0.394 e. The van der Waals surface area contributed by atoms with Gasteiger partial charge in [0.2, 0.25) is 5.91 Å². The van der Waals surface area contributed by atoms with E-state index < -0.39 is 5.54 Å². The van der Waals surface area contributed by atoms with Crippen LogP contribution in [0.15, 0.2) is 5.38 Å². The second kappa shape index (κ2) is 6.12. The highest BCUT2D eigenvalue weighted by Crippen LogP contribution is 2.11. The Labute approximate surface area is 106 Å². The van der Waals surface area contributed by atoms with Crippen molar-refractivity contribution in [1.29, 1.82) is 0 Å². The molecule has 0 unspecified atom stereocenters. The van der Waals surface area contributed by atoms with E-state index in [4.69, 9.17) is 5.11 Å². The second-order valence-electron chi connectivity index (χ2n) is 4.80. The molecular weight excluding hydrogens is 236 g/mol. The lowest BCUT2D eigenvalue weighted by Crippen LogP contribution is -2.46. The molecule has 5 heteroatoms. The first-order chi connectivity index (χ1) is 7.93. The Balaban J connectivity index is 2.25. The highest BCUT2D eigenvalue weighted by atomic mass is 32.1. The minimum atomic E-state index is -0.533. The monoisotopic (exact) mass is 256 g/mol. The third-order valence-corrected chi connectivity index (χ3v) is 3.20. The molecule has 0 saturated carbocycles. The molecule has 96 valence electrons. The molecule has 0 fully saturated rings. The van der Waals surface area contributed by atoms with Crippen LogP contribution in [0.1, 0.15) is 37.4 Å². The van der Waals surface area contributed by atoms with E-state index in [-0.39, 0.29) is 12.5 Å². The summed E-state index contributed by atoms with van der Waals surface area (Å²) in [4.78, 5) is 15.9. The molecule has 0 bridgehead atoms. The summed E-state index contributed by atoms with van der Waals surface area (Å²) < 4.78 is 0. The number of rotatable bonds is 6. The molecular formula is C12H20N2O2S. The summed E-state index contributed by atoms with van der Waals surface area (Å²) in [5.41, 5.74) is 0.524. The average molecular weight is 256 g/mol. The van der Waals surface area contributed by atoms with Crippen molar-refractivity contribution in [3.05, 3.63) is 16.1 Å².